The molecule has 3 aromatic rings. The van der Waals surface area contributed by atoms with Gasteiger partial charge in [-0.1, -0.05) is 35.9 Å². The van der Waals surface area contributed by atoms with E-state index in [0.29, 0.717) is 5.69 Å². The molecule has 0 saturated heterocycles. The molecule has 0 aliphatic rings. The summed E-state index contributed by atoms with van der Waals surface area (Å²) < 4.78 is 17.8. The second-order valence-electron chi connectivity index (χ2n) is 6.25. The van der Waals surface area contributed by atoms with E-state index in [1.807, 2.05) is 36.6 Å². The number of carbonyl (C=O) groups is 2. The Morgan fingerprint density at radius 2 is 1.96 bits per heavy atom. The molecular formula is C21H19FN2O3S. The number of hydrogen-bond acceptors (Lipinski definition) is 5. The number of nitrogens with one attached hydrogen (secondary N) is 1. The first kappa shape index (κ1) is 19.7. The largest absolute Gasteiger partial charge is 0.455 e. The van der Waals surface area contributed by atoms with Crippen LogP contribution in [0.15, 0.2) is 53.9 Å². The highest BCUT2D eigenvalue weighted by molar-refractivity contribution is 7.13. The van der Waals surface area contributed by atoms with Crippen LogP contribution in [0.5, 0.6) is 0 Å². The van der Waals surface area contributed by atoms with Crippen molar-refractivity contribution in [1.82, 2.24) is 10.3 Å². The minimum absolute atomic E-state index is 0.00750. The lowest BCUT2D eigenvalue weighted by Gasteiger charge is -2.06. The Hall–Kier alpha value is -3.06. The lowest BCUT2D eigenvalue weighted by molar-refractivity contribution is -0.147. The Morgan fingerprint density at radius 1 is 1.18 bits per heavy atom. The van der Waals surface area contributed by atoms with Crippen LogP contribution in [0.2, 0.25) is 0 Å². The Balaban J connectivity index is 1.44. The van der Waals surface area contributed by atoms with Crippen LogP contribution in [0.1, 0.15) is 16.8 Å². The number of carbonyl (C=O) groups excluding carboxylic acids is 2. The molecule has 2 aromatic carbocycles. The van der Waals surface area contributed by atoms with Crippen molar-refractivity contribution < 1.29 is 18.7 Å². The summed E-state index contributed by atoms with van der Waals surface area (Å²) >= 11 is 1.46. The molecule has 0 fully saturated rings. The van der Waals surface area contributed by atoms with Crippen LogP contribution in [-0.2, 0) is 27.3 Å². The summed E-state index contributed by atoms with van der Waals surface area (Å²) in [4.78, 5) is 28.2. The fraction of sp³-hybridized carbons (Fsp3) is 0.190. The van der Waals surface area contributed by atoms with Gasteiger partial charge in [-0.15, -0.1) is 11.3 Å². The topological polar surface area (TPSA) is 68.3 Å². The molecule has 0 bridgehead atoms. The van der Waals surface area contributed by atoms with Crippen LogP contribution >= 0.6 is 11.3 Å². The lowest BCUT2D eigenvalue weighted by atomic mass is 10.1. The molecule has 0 atom stereocenters. The molecular weight excluding hydrogens is 379 g/mol. The molecule has 3 rings (SSSR count). The second-order valence-corrected chi connectivity index (χ2v) is 7.11. The van der Waals surface area contributed by atoms with Gasteiger partial charge >= 0.3 is 5.97 Å². The van der Waals surface area contributed by atoms with E-state index >= 15 is 0 Å². The highest BCUT2D eigenvalue weighted by Crippen LogP contribution is 2.24. The number of aryl methyl sites for hydroxylation is 1. The molecule has 1 N–H and O–H groups in total. The fourth-order valence-electron chi connectivity index (χ4n) is 2.50. The average Bonchev–Trinajstić information content (AvgIpc) is 3.14. The van der Waals surface area contributed by atoms with Gasteiger partial charge in [-0.2, -0.15) is 0 Å². The van der Waals surface area contributed by atoms with Crippen LogP contribution in [0.4, 0.5) is 4.39 Å². The third kappa shape index (κ3) is 5.72. The van der Waals surface area contributed by atoms with Crippen molar-refractivity contribution in [3.8, 4) is 10.6 Å². The van der Waals surface area contributed by atoms with Crippen molar-refractivity contribution in [3.05, 3.63) is 76.5 Å². The predicted octanol–water partition coefficient (Wildman–Crippen LogP) is 3.66. The van der Waals surface area contributed by atoms with E-state index in [1.54, 1.807) is 12.1 Å². The first-order valence-corrected chi connectivity index (χ1v) is 9.56. The fourth-order valence-corrected chi connectivity index (χ4v) is 3.31. The number of ether oxygens (including phenoxy) is 1. The van der Waals surface area contributed by atoms with Gasteiger partial charge in [-0.05, 0) is 30.7 Å². The smallest absolute Gasteiger partial charge is 0.312 e. The summed E-state index contributed by atoms with van der Waals surface area (Å²) in [5, 5.41) is 5.27. The van der Waals surface area contributed by atoms with E-state index in [2.05, 4.69) is 10.3 Å². The number of aromatic nitrogens is 1. The number of esters is 1. The third-order valence-corrected chi connectivity index (χ3v) is 4.85. The molecule has 0 unspecified atom stereocenters. The number of rotatable bonds is 7. The van der Waals surface area contributed by atoms with E-state index in [4.69, 9.17) is 4.74 Å². The first-order chi connectivity index (χ1) is 13.5. The molecule has 0 radical (unpaired) electrons. The summed E-state index contributed by atoms with van der Waals surface area (Å²) in [6.07, 6.45) is 0.00750. The SMILES string of the molecule is Cc1cccc(-c2nc(CC(=O)OCC(=O)NCc3ccc(F)cc3)cs2)c1. The molecule has 0 saturated carbocycles. The Bertz CT molecular complexity index is 970. The van der Waals surface area contributed by atoms with Gasteiger partial charge < -0.3 is 10.1 Å². The highest BCUT2D eigenvalue weighted by Gasteiger charge is 2.12. The average molecular weight is 398 g/mol. The number of halogens is 1. The Kier molecular flexibility index (Phi) is 6.49. The number of thiazole rings is 1. The third-order valence-electron chi connectivity index (χ3n) is 3.91. The van der Waals surface area contributed by atoms with E-state index in [9.17, 15) is 14.0 Å². The van der Waals surface area contributed by atoms with Gasteiger partial charge in [0, 0.05) is 17.5 Å². The molecule has 0 spiro atoms. The summed E-state index contributed by atoms with van der Waals surface area (Å²) in [6, 6.07) is 13.8. The van der Waals surface area contributed by atoms with Gasteiger partial charge in [0.15, 0.2) is 6.61 Å². The maximum absolute atomic E-state index is 12.8. The number of nitrogens with zero attached hydrogens (tertiary/aromatic N) is 1. The molecule has 28 heavy (non-hydrogen) atoms. The summed E-state index contributed by atoms with van der Waals surface area (Å²) in [6.45, 7) is 1.88. The van der Waals surface area contributed by atoms with Crippen molar-refractivity contribution in [2.24, 2.45) is 0 Å². The van der Waals surface area contributed by atoms with Crippen molar-refractivity contribution in [2.75, 3.05) is 6.61 Å². The molecule has 1 amide bonds. The molecule has 7 heteroatoms. The van der Waals surface area contributed by atoms with Crippen LogP contribution in [0.3, 0.4) is 0 Å². The summed E-state index contributed by atoms with van der Waals surface area (Å²) in [5.41, 5.74) is 3.51. The van der Waals surface area contributed by atoms with Crippen LogP contribution in [0, 0.1) is 12.7 Å². The van der Waals surface area contributed by atoms with E-state index in [1.165, 1.54) is 23.5 Å². The van der Waals surface area contributed by atoms with Gasteiger partial charge in [0.25, 0.3) is 5.91 Å². The minimum Gasteiger partial charge on any atom is -0.455 e. The standard InChI is InChI=1S/C21H19FN2O3S/c1-14-3-2-4-16(9-14)21-24-18(13-28-21)10-20(26)27-12-19(25)23-11-15-5-7-17(22)8-6-15/h2-9,13H,10-12H2,1H3,(H,23,25). The zero-order valence-corrected chi connectivity index (χ0v) is 16.1. The lowest BCUT2D eigenvalue weighted by Crippen LogP contribution is -2.28. The summed E-state index contributed by atoms with van der Waals surface area (Å²) in [7, 11) is 0. The Labute approximate surface area is 166 Å². The number of benzene rings is 2. The van der Waals surface area contributed by atoms with E-state index in [-0.39, 0.29) is 25.4 Å². The number of hydrogen-bond donors (Lipinski definition) is 1. The maximum atomic E-state index is 12.8. The van der Waals surface area contributed by atoms with Crippen molar-refractivity contribution >= 4 is 23.2 Å². The van der Waals surface area contributed by atoms with Gasteiger partial charge in [0.05, 0.1) is 12.1 Å². The van der Waals surface area contributed by atoms with E-state index in [0.717, 1.165) is 21.7 Å². The second kappa shape index (κ2) is 9.23. The van der Waals surface area contributed by atoms with Crippen LogP contribution < -0.4 is 5.32 Å². The number of amides is 1. The predicted molar refractivity (Wildman–Crippen MR) is 105 cm³/mol. The van der Waals surface area contributed by atoms with Crippen molar-refractivity contribution in [3.63, 3.8) is 0 Å². The molecule has 1 heterocycles. The van der Waals surface area contributed by atoms with Gasteiger partial charge in [-0.3, -0.25) is 9.59 Å². The molecule has 5 nitrogen and oxygen atoms in total. The van der Waals surface area contributed by atoms with Crippen molar-refractivity contribution in [2.45, 2.75) is 19.9 Å². The summed E-state index contributed by atoms with van der Waals surface area (Å²) in [5.74, 6) is -1.27. The minimum atomic E-state index is -0.516. The van der Waals surface area contributed by atoms with Crippen LogP contribution in [-0.4, -0.2) is 23.5 Å². The maximum Gasteiger partial charge on any atom is 0.312 e. The van der Waals surface area contributed by atoms with Gasteiger partial charge in [0.1, 0.15) is 10.8 Å². The van der Waals surface area contributed by atoms with Crippen molar-refractivity contribution in [1.29, 1.82) is 0 Å². The Morgan fingerprint density at radius 3 is 2.71 bits per heavy atom. The van der Waals surface area contributed by atoms with Gasteiger partial charge in [0.2, 0.25) is 0 Å². The zero-order valence-electron chi connectivity index (χ0n) is 15.3. The quantitative estimate of drug-likeness (QED) is 0.617. The first-order valence-electron chi connectivity index (χ1n) is 8.68. The monoisotopic (exact) mass is 398 g/mol. The molecule has 1 aromatic heterocycles. The van der Waals surface area contributed by atoms with Gasteiger partial charge in [-0.25, -0.2) is 9.37 Å². The van der Waals surface area contributed by atoms with Crippen LogP contribution in [0.25, 0.3) is 10.6 Å². The van der Waals surface area contributed by atoms with E-state index < -0.39 is 11.9 Å². The molecule has 0 aliphatic carbocycles. The molecule has 0 aliphatic heterocycles. The normalized spacial score (nSPS) is 10.5. The highest BCUT2D eigenvalue weighted by atomic mass is 32.1. The zero-order chi connectivity index (χ0) is 19.9. The molecule has 144 valence electrons.